The fourth-order valence-electron chi connectivity index (χ4n) is 1.79. The first-order chi connectivity index (χ1) is 9.51. The highest BCUT2D eigenvalue weighted by Crippen LogP contribution is 2.14. The SMILES string of the molecule is CNc1ccc(S(=O)(=O)NC(C)Cc2cccs2)cn1. The van der Waals surface area contributed by atoms with Crippen LogP contribution in [0.25, 0.3) is 0 Å². The predicted octanol–water partition coefficient (Wildman–Crippen LogP) is 2.09. The Morgan fingerprint density at radius 2 is 2.15 bits per heavy atom. The van der Waals surface area contributed by atoms with Crippen LogP contribution < -0.4 is 10.0 Å². The second-order valence-corrected chi connectivity index (χ2v) is 7.18. The molecule has 20 heavy (non-hydrogen) atoms. The van der Waals surface area contributed by atoms with Crippen molar-refractivity contribution >= 4 is 27.2 Å². The van der Waals surface area contributed by atoms with Crippen LogP contribution in [0.3, 0.4) is 0 Å². The number of thiophene rings is 1. The first-order valence-electron chi connectivity index (χ1n) is 6.20. The van der Waals surface area contributed by atoms with E-state index >= 15 is 0 Å². The lowest BCUT2D eigenvalue weighted by atomic mass is 10.2. The van der Waals surface area contributed by atoms with Crippen molar-refractivity contribution in [3.8, 4) is 0 Å². The average Bonchev–Trinajstić information content (AvgIpc) is 2.91. The summed E-state index contributed by atoms with van der Waals surface area (Å²) < 4.78 is 27.1. The molecule has 5 nitrogen and oxygen atoms in total. The molecular weight excluding hydrogens is 294 g/mol. The number of anilines is 1. The normalized spacial score (nSPS) is 13.1. The Kier molecular flexibility index (Phi) is 4.74. The Labute approximate surface area is 123 Å². The number of hydrogen-bond donors (Lipinski definition) is 2. The fraction of sp³-hybridized carbons (Fsp3) is 0.308. The second-order valence-electron chi connectivity index (χ2n) is 4.43. The molecule has 2 aromatic heterocycles. The molecular formula is C13H17N3O2S2. The van der Waals surface area contributed by atoms with Gasteiger partial charge in [-0.25, -0.2) is 18.1 Å². The molecule has 108 valence electrons. The zero-order valence-electron chi connectivity index (χ0n) is 11.3. The molecule has 0 aromatic carbocycles. The van der Waals surface area contributed by atoms with Crippen molar-refractivity contribution < 1.29 is 8.42 Å². The van der Waals surface area contributed by atoms with E-state index in [4.69, 9.17) is 0 Å². The van der Waals surface area contributed by atoms with Gasteiger partial charge in [0.05, 0.1) is 0 Å². The van der Waals surface area contributed by atoms with Crippen molar-refractivity contribution in [2.45, 2.75) is 24.3 Å². The van der Waals surface area contributed by atoms with Gasteiger partial charge < -0.3 is 5.32 Å². The molecule has 0 bridgehead atoms. The molecule has 0 saturated heterocycles. The van der Waals surface area contributed by atoms with Crippen molar-refractivity contribution in [3.05, 3.63) is 40.7 Å². The molecule has 0 aliphatic carbocycles. The van der Waals surface area contributed by atoms with E-state index in [-0.39, 0.29) is 10.9 Å². The summed E-state index contributed by atoms with van der Waals surface area (Å²) in [7, 11) is -1.79. The molecule has 0 aliphatic heterocycles. The van der Waals surface area contributed by atoms with Crippen LogP contribution in [0.2, 0.25) is 0 Å². The van der Waals surface area contributed by atoms with E-state index in [2.05, 4.69) is 15.0 Å². The Hall–Kier alpha value is -1.44. The molecule has 0 saturated carbocycles. The third-order valence-corrected chi connectivity index (χ3v) is 5.22. The number of nitrogens with zero attached hydrogens (tertiary/aromatic N) is 1. The van der Waals surface area contributed by atoms with Gasteiger partial charge in [0.15, 0.2) is 0 Å². The Morgan fingerprint density at radius 1 is 1.35 bits per heavy atom. The summed E-state index contributed by atoms with van der Waals surface area (Å²) >= 11 is 1.62. The largest absolute Gasteiger partial charge is 0.373 e. The van der Waals surface area contributed by atoms with Crippen LogP contribution in [0.1, 0.15) is 11.8 Å². The molecule has 0 radical (unpaired) electrons. The maximum atomic E-state index is 12.2. The quantitative estimate of drug-likeness (QED) is 0.857. The van der Waals surface area contributed by atoms with Crippen LogP contribution in [0.15, 0.2) is 40.7 Å². The summed E-state index contributed by atoms with van der Waals surface area (Å²) in [5.74, 6) is 0.635. The van der Waals surface area contributed by atoms with Gasteiger partial charge in [-0.1, -0.05) is 6.07 Å². The van der Waals surface area contributed by atoms with Crippen molar-refractivity contribution in [2.24, 2.45) is 0 Å². The monoisotopic (exact) mass is 311 g/mol. The number of nitrogens with one attached hydrogen (secondary N) is 2. The first kappa shape index (κ1) is 15.0. The molecule has 0 amide bonds. The summed E-state index contributed by atoms with van der Waals surface area (Å²) in [6.07, 6.45) is 2.03. The average molecular weight is 311 g/mol. The van der Waals surface area contributed by atoms with Gasteiger partial charge in [-0.15, -0.1) is 11.3 Å². The van der Waals surface area contributed by atoms with Crippen LogP contribution in [0.5, 0.6) is 0 Å². The number of pyridine rings is 1. The Bertz CT molecular complexity index is 637. The van der Waals surface area contributed by atoms with Crippen molar-refractivity contribution in [2.75, 3.05) is 12.4 Å². The van der Waals surface area contributed by atoms with Gasteiger partial charge in [0.25, 0.3) is 0 Å². The summed E-state index contributed by atoms with van der Waals surface area (Å²) in [5.41, 5.74) is 0. The standard InChI is InChI=1S/C13H17N3O2S2/c1-10(8-11-4-3-7-19-11)16-20(17,18)12-5-6-13(14-2)15-9-12/h3-7,9-10,16H,8H2,1-2H3,(H,14,15). The fourth-order valence-corrected chi connectivity index (χ4v) is 3.82. The highest BCUT2D eigenvalue weighted by Gasteiger charge is 2.18. The minimum absolute atomic E-state index is 0.164. The van der Waals surface area contributed by atoms with E-state index in [1.807, 2.05) is 24.4 Å². The molecule has 2 rings (SSSR count). The van der Waals surface area contributed by atoms with Crippen LogP contribution in [0.4, 0.5) is 5.82 Å². The summed E-state index contributed by atoms with van der Waals surface area (Å²) in [4.78, 5) is 5.35. The van der Waals surface area contributed by atoms with E-state index < -0.39 is 10.0 Å². The van der Waals surface area contributed by atoms with Gasteiger partial charge >= 0.3 is 0 Å². The number of hydrogen-bond acceptors (Lipinski definition) is 5. The molecule has 2 heterocycles. The lowest BCUT2D eigenvalue weighted by Gasteiger charge is -2.13. The summed E-state index contributed by atoms with van der Waals surface area (Å²) in [6.45, 7) is 1.85. The predicted molar refractivity (Wildman–Crippen MR) is 81.6 cm³/mol. The van der Waals surface area contributed by atoms with Crippen LogP contribution in [0, 0.1) is 0 Å². The van der Waals surface area contributed by atoms with E-state index in [9.17, 15) is 8.42 Å². The van der Waals surface area contributed by atoms with E-state index in [1.165, 1.54) is 6.20 Å². The topological polar surface area (TPSA) is 71.1 Å². The molecule has 2 aromatic rings. The second kappa shape index (κ2) is 6.34. The number of sulfonamides is 1. The lowest BCUT2D eigenvalue weighted by Crippen LogP contribution is -2.34. The molecule has 1 atom stereocenters. The maximum absolute atomic E-state index is 12.2. The van der Waals surface area contributed by atoms with Crippen LogP contribution in [-0.2, 0) is 16.4 Å². The van der Waals surface area contributed by atoms with Gasteiger partial charge in [0.2, 0.25) is 10.0 Å². The zero-order valence-corrected chi connectivity index (χ0v) is 13.0. The van der Waals surface area contributed by atoms with E-state index in [0.29, 0.717) is 12.2 Å². The molecule has 7 heteroatoms. The minimum atomic E-state index is -3.52. The van der Waals surface area contributed by atoms with E-state index in [1.54, 1.807) is 30.5 Å². The molecule has 2 N–H and O–H groups in total. The van der Waals surface area contributed by atoms with Gasteiger partial charge in [-0.3, -0.25) is 0 Å². The minimum Gasteiger partial charge on any atom is -0.373 e. The van der Waals surface area contributed by atoms with Crippen molar-refractivity contribution in [1.29, 1.82) is 0 Å². The molecule has 0 aliphatic rings. The lowest BCUT2D eigenvalue weighted by molar-refractivity contribution is 0.560. The molecule has 1 unspecified atom stereocenters. The van der Waals surface area contributed by atoms with Gasteiger partial charge in [-0.2, -0.15) is 0 Å². The highest BCUT2D eigenvalue weighted by molar-refractivity contribution is 7.89. The molecule has 0 fully saturated rings. The number of rotatable bonds is 6. The third kappa shape index (κ3) is 3.78. The van der Waals surface area contributed by atoms with Crippen molar-refractivity contribution in [1.82, 2.24) is 9.71 Å². The summed E-state index contributed by atoms with van der Waals surface area (Å²) in [6, 6.07) is 6.97. The van der Waals surface area contributed by atoms with Crippen molar-refractivity contribution in [3.63, 3.8) is 0 Å². The Balaban J connectivity index is 2.05. The number of aromatic nitrogens is 1. The van der Waals surface area contributed by atoms with Crippen LogP contribution in [-0.4, -0.2) is 26.5 Å². The highest BCUT2D eigenvalue weighted by atomic mass is 32.2. The molecule has 0 spiro atoms. The third-order valence-electron chi connectivity index (χ3n) is 2.75. The van der Waals surface area contributed by atoms with Gasteiger partial charge in [-0.05, 0) is 36.9 Å². The smallest absolute Gasteiger partial charge is 0.242 e. The Morgan fingerprint density at radius 3 is 2.70 bits per heavy atom. The van der Waals surface area contributed by atoms with Gasteiger partial charge in [0.1, 0.15) is 10.7 Å². The zero-order chi connectivity index (χ0) is 14.6. The van der Waals surface area contributed by atoms with Gasteiger partial charge in [0, 0.05) is 24.2 Å². The maximum Gasteiger partial charge on any atom is 0.242 e. The summed E-state index contributed by atoms with van der Waals surface area (Å²) in [5, 5.41) is 4.83. The van der Waals surface area contributed by atoms with Crippen LogP contribution >= 0.6 is 11.3 Å². The van der Waals surface area contributed by atoms with E-state index in [0.717, 1.165) is 4.88 Å². The first-order valence-corrected chi connectivity index (χ1v) is 8.56.